The van der Waals surface area contributed by atoms with Crippen LogP contribution in [0.3, 0.4) is 0 Å². The Morgan fingerprint density at radius 1 is 0.277 bits per heavy atom. The van der Waals surface area contributed by atoms with Gasteiger partial charge in [-0.05, 0) is 82.6 Å². The lowest BCUT2D eigenvalue weighted by Crippen LogP contribution is -1.96. The normalized spacial score (nSPS) is 11.0. The van der Waals surface area contributed by atoms with Gasteiger partial charge in [0.1, 0.15) is 11.5 Å². The molecule has 0 saturated carbocycles. The monoisotopic (exact) mass is 838 g/mol. The lowest BCUT2D eigenvalue weighted by molar-refractivity contribution is 0.471. The van der Waals surface area contributed by atoms with E-state index in [1.165, 1.54) is 0 Å². The summed E-state index contributed by atoms with van der Waals surface area (Å²) in [5.41, 5.74) is 16.5. The fourth-order valence-corrected chi connectivity index (χ4v) is 8.19. The third-order valence-electron chi connectivity index (χ3n) is 11.8. The van der Waals surface area contributed by atoms with Crippen molar-refractivity contribution in [2.24, 2.45) is 0 Å². The minimum absolute atomic E-state index is 0.696. The van der Waals surface area contributed by atoms with Crippen molar-refractivity contribution < 1.29 is 4.74 Å². The van der Waals surface area contributed by atoms with Gasteiger partial charge in [-0.2, -0.15) is 0 Å². The second kappa shape index (κ2) is 18.6. The molecule has 10 rings (SSSR count). The van der Waals surface area contributed by atoms with E-state index in [-0.39, 0.29) is 0 Å². The van der Waals surface area contributed by atoms with Crippen molar-refractivity contribution in [3.63, 3.8) is 0 Å². The van der Waals surface area contributed by atoms with E-state index in [1.807, 2.05) is 72.8 Å². The maximum atomic E-state index is 6.72. The molecule has 312 valence electrons. The van der Waals surface area contributed by atoms with Gasteiger partial charge in [0.25, 0.3) is 0 Å². The molecule has 0 saturated heterocycles. The van der Waals surface area contributed by atoms with E-state index in [0.717, 1.165) is 114 Å². The van der Waals surface area contributed by atoms with Gasteiger partial charge in [-0.3, -0.25) is 0 Å². The van der Waals surface area contributed by atoms with Gasteiger partial charge in [0.15, 0.2) is 11.6 Å². The molecule has 0 amide bonds. The van der Waals surface area contributed by atoms with Crippen molar-refractivity contribution in [2.45, 2.75) is 26.7 Å². The van der Waals surface area contributed by atoms with Crippen LogP contribution >= 0.6 is 0 Å². The van der Waals surface area contributed by atoms with Crippen LogP contribution in [0, 0.1) is 0 Å². The highest BCUT2D eigenvalue weighted by Crippen LogP contribution is 2.36. The first-order valence-electron chi connectivity index (χ1n) is 22.2. The molecule has 0 unspecified atom stereocenters. The van der Waals surface area contributed by atoms with Crippen LogP contribution in [-0.4, -0.2) is 19.9 Å². The van der Waals surface area contributed by atoms with Crippen LogP contribution in [0.5, 0.6) is 11.5 Å². The molecule has 0 fully saturated rings. The summed E-state index contributed by atoms with van der Waals surface area (Å²) in [6.07, 6.45) is 1.67. The van der Waals surface area contributed by atoms with E-state index in [0.29, 0.717) is 11.6 Å². The average molecular weight is 839 g/mol. The number of nitrogens with zero attached hydrogens (tertiary/aromatic N) is 4. The van der Waals surface area contributed by atoms with E-state index in [2.05, 4.69) is 159 Å². The van der Waals surface area contributed by atoms with Gasteiger partial charge in [-0.25, -0.2) is 19.9 Å². The van der Waals surface area contributed by atoms with Crippen LogP contribution in [0.1, 0.15) is 25.0 Å². The topological polar surface area (TPSA) is 60.8 Å². The van der Waals surface area contributed by atoms with Gasteiger partial charge in [0, 0.05) is 33.4 Å². The molecule has 0 aliphatic carbocycles. The Morgan fingerprint density at radius 3 is 0.846 bits per heavy atom. The number of hydrogen-bond acceptors (Lipinski definition) is 5. The molecule has 0 aliphatic heterocycles. The van der Waals surface area contributed by atoms with Gasteiger partial charge >= 0.3 is 0 Å². The first-order chi connectivity index (χ1) is 32.1. The smallest absolute Gasteiger partial charge is 0.160 e. The number of aromatic nitrogens is 4. The van der Waals surface area contributed by atoms with E-state index in [4.69, 9.17) is 24.7 Å². The first-order valence-corrected chi connectivity index (χ1v) is 22.2. The number of benzene rings is 8. The molecule has 0 bridgehead atoms. The van der Waals surface area contributed by atoms with Gasteiger partial charge < -0.3 is 4.74 Å². The molecule has 65 heavy (non-hydrogen) atoms. The number of aryl methyl sites for hydroxylation is 2. The van der Waals surface area contributed by atoms with Crippen LogP contribution in [0.15, 0.2) is 218 Å². The van der Waals surface area contributed by atoms with Crippen LogP contribution in [0.2, 0.25) is 0 Å². The van der Waals surface area contributed by atoms with Gasteiger partial charge in [0.2, 0.25) is 0 Å². The van der Waals surface area contributed by atoms with Crippen molar-refractivity contribution in [3.8, 4) is 102 Å². The number of ether oxygens (including phenoxy) is 1. The lowest BCUT2D eigenvalue weighted by Gasteiger charge is -2.16. The molecule has 0 aliphatic rings. The Balaban J connectivity index is 0.881. The minimum atomic E-state index is 0.696. The molecule has 5 nitrogen and oxygen atoms in total. The highest BCUT2D eigenvalue weighted by Gasteiger charge is 2.15. The van der Waals surface area contributed by atoms with Gasteiger partial charge in [0.05, 0.1) is 22.8 Å². The summed E-state index contributed by atoms with van der Waals surface area (Å²) < 4.78 is 6.72. The summed E-state index contributed by atoms with van der Waals surface area (Å²) in [6, 6.07) is 75.3. The average Bonchev–Trinajstić information content (AvgIpc) is 3.39. The molecule has 0 radical (unpaired) electrons. The Labute approximate surface area is 380 Å². The molecule has 2 heterocycles. The highest BCUT2D eigenvalue weighted by molar-refractivity contribution is 5.76. The maximum absolute atomic E-state index is 6.72. The van der Waals surface area contributed by atoms with Crippen LogP contribution in [0.4, 0.5) is 0 Å². The standard InChI is InChI=1S/C60H46N4O/c1-3-41-37-51(43-25-29-49(30-26-43)59-61-53(45-17-9-5-10-18-45)39-54(62-59)46-19-11-6-12-20-46)33-35-57(41)65-58-36-34-52(38-42(58)4-2)44-27-31-50(32-28-44)60-63-55(47-21-13-7-14-22-47)40-56(64-60)48-23-15-8-16-24-48/h5-40H,3-4H2,1-2H3. The van der Waals surface area contributed by atoms with Gasteiger partial charge in [-0.15, -0.1) is 0 Å². The van der Waals surface area contributed by atoms with E-state index >= 15 is 0 Å². The molecule has 0 spiro atoms. The van der Waals surface area contributed by atoms with E-state index in [1.54, 1.807) is 0 Å². The molecule has 0 atom stereocenters. The zero-order chi connectivity index (χ0) is 44.0. The lowest BCUT2D eigenvalue weighted by atomic mass is 9.99. The molecule has 2 aromatic heterocycles. The Morgan fingerprint density at radius 2 is 0.554 bits per heavy atom. The molecule has 8 aromatic carbocycles. The summed E-state index contributed by atoms with van der Waals surface area (Å²) in [5, 5.41) is 0. The van der Waals surface area contributed by atoms with Crippen molar-refractivity contribution in [1.82, 2.24) is 19.9 Å². The Kier molecular flexibility index (Phi) is 11.7. The van der Waals surface area contributed by atoms with E-state index in [9.17, 15) is 0 Å². The SMILES string of the molecule is CCc1cc(-c2ccc(-c3nc(-c4ccccc4)cc(-c4ccccc4)n3)cc2)ccc1Oc1ccc(-c2ccc(-c3nc(-c4ccccc4)cc(-c4ccccc4)n3)cc2)cc1CC. The first kappa shape index (κ1) is 40.8. The summed E-state index contributed by atoms with van der Waals surface area (Å²) in [4.78, 5) is 20.1. The Bertz CT molecular complexity index is 2870. The predicted molar refractivity (Wildman–Crippen MR) is 266 cm³/mol. The molecular formula is C60H46N4O. The summed E-state index contributed by atoms with van der Waals surface area (Å²) in [6.45, 7) is 4.35. The number of hydrogen-bond donors (Lipinski definition) is 0. The zero-order valence-corrected chi connectivity index (χ0v) is 36.4. The fraction of sp³-hybridized carbons (Fsp3) is 0.0667. The van der Waals surface area contributed by atoms with Crippen molar-refractivity contribution in [2.75, 3.05) is 0 Å². The third-order valence-corrected chi connectivity index (χ3v) is 11.8. The molecular weight excluding hydrogens is 793 g/mol. The summed E-state index contributed by atoms with van der Waals surface area (Å²) in [7, 11) is 0. The Hall–Kier alpha value is -8.28. The second-order valence-corrected chi connectivity index (χ2v) is 16.0. The highest BCUT2D eigenvalue weighted by atomic mass is 16.5. The fourth-order valence-electron chi connectivity index (χ4n) is 8.19. The molecule has 0 N–H and O–H groups in total. The second-order valence-electron chi connectivity index (χ2n) is 16.0. The molecule has 10 aromatic rings. The summed E-state index contributed by atoms with van der Waals surface area (Å²) in [5.74, 6) is 3.13. The van der Waals surface area contributed by atoms with Crippen LogP contribution < -0.4 is 4.74 Å². The van der Waals surface area contributed by atoms with E-state index < -0.39 is 0 Å². The zero-order valence-electron chi connectivity index (χ0n) is 36.4. The molecule has 5 heteroatoms. The van der Waals surface area contributed by atoms with Crippen molar-refractivity contribution >= 4 is 0 Å². The maximum Gasteiger partial charge on any atom is 0.160 e. The quantitative estimate of drug-likeness (QED) is 0.123. The predicted octanol–water partition coefficient (Wildman–Crippen LogP) is 15.5. The van der Waals surface area contributed by atoms with Crippen LogP contribution in [0.25, 0.3) is 90.1 Å². The third kappa shape index (κ3) is 8.99. The van der Waals surface area contributed by atoms with Crippen molar-refractivity contribution in [1.29, 1.82) is 0 Å². The van der Waals surface area contributed by atoms with Crippen molar-refractivity contribution in [3.05, 3.63) is 230 Å². The largest absolute Gasteiger partial charge is 0.457 e. The van der Waals surface area contributed by atoms with Crippen LogP contribution in [-0.2, 0) is 12.8 Å². The summed E-state index contributed by atoms with van der Waals surface area (Å²) >= 11 is 0. The minimum Gasteiger partial charge on any atom is -0.457 e. The number of rotatable bonds is 12. The van der Waals surface area contributed by atoms with Gasteiger partial charge in [-0.1, -0.05) is 196 Å².